The molecule has 1 saturated heterocycles. The second-order valence-corrected chi connectivity index (χ2v) is 7.21. The van der Waals surface area contributed by atoms with E-state index >= 15 is 0 Å². The Morgan fingerprint density at radius 1 is 1.32 bits per heavy atom. The van der Waals surface area contributed by atoms with Gasteiger partial charge in [0.2, 0.25) is 5.91 Å². The summed E-state index contributed by atoms with van der Waals surface area (Å²) < 4.78 is 0. The van der Waals surface area contributed by atoms with E-state index in [9.17, 15) is 4.79 Å². The number of thiophene rings is 1. The summed E-state index contributed by atoms with van der Waals surface area (Å²) in [6, 6.07) is 6.05. The van der Waals surface area contributed by atoms with Crippen LogP contribution in [0.15, 0.2) is 42.2 Å². The molecule has 3 aromatic heterocycles. The lowest BCUT2D eigenvalue weighted by Gasteiger charge is -2.33. The molecule has 1 atom stereocenters. The third-order valence-corrected chi connectivity index (χ3v) is 5.36. The van der Waals surface area contributed by atoms with Crippen molar-refractivity contribution in [2.45, 2.75) is 19.4 Å². The molecule has 4 heterocycles. The first-order chi connectivity index (χ1) is 12.3. The number of aromatic nitrogens is 3. The lowest BCUT2D eigenvalue weighted by atomic mass is 9.96. The molecule has 0 aromatic carbocycles. The summed E-state index contributed by atoms with van der Waals surface area (Å²) in [5.74, 6) is 0.137. The average molecular weight is 353 g/mol. The number of piperidine rings is 1. The zero-order valence-electron chi connectivity index (χ0n) is 13.8. The molecule has 1 fully saturated rings. The maximum Gasteiger partial charge on any atom is 0.225 e. The SMILES string of the molecule is O=C(NCc1cccs1)[C@@H]1CCCN(c2cnc3nccnc3c2)C1. The summed E-state index contributed by atoms with van der Waals surface area (Å²) in [5, 5.41) is 5.09. The molecular weight excluding hydrogens is 334 g/mol. The number of nitrogens with one attached hydrogen (secondary N) is 1. The first-order valence-electron chi connectivity index (χ1n) is 8.41. The van der Waals surface area contributed by atoms with Gasteiger partial charge in [-0.3, -0.25) is 9.78 Å². The summed E-state index contributed by atoms with van der Waals surface area (Å²) in [6.45, 7) is 2.26. The highest BCUT2D eigenvalue weighted by atomic mass is 32.1. The van der Waals surface area contributed by atoms with Crippen LogP contribution in [0.4, 0.5) is 5.69 Å². The molecule has 1 aliphatic heterocycles. The summed E-state index contributed by atoms with van der Waals surface area (Å²) in [5.41, 5.74) is 2.43. The predicted octanol–water partition coefficient (Wildman–Crippen LogP) is 2.62. The molecule has 1 amide bonds. The lowest BCUT2D eigenvalue weighted by Crippen LogP contribution is -2.43. The summed E-state index contributed by atoms with van der Waals surface area (Å²) in [6.07, 6.45) is 7.06. The zero-order valence-corrected chi connectivity index (χ0v) is 14.6. The average Bonchev–Trinajstić information content (AvgIpc) is 3.19. The number of anilines is 1. The van der Waals surface area contributed by atoms with Crippen LogP contribution in [-0.4, -0.2) is 33.9 Å². The monoisotopic (exact) mass is 353 g/mol. The van der Waals surface area contributed by atoms with E-state index < -0.39 is 0 Å². The number of hydrogen-bond acceptors (Lipinski definition) is 6. The van der Waals surface area contributed by atoms with Gasteiger partial charge in [0.15, 0.2) is 5.65 Å². The molecule has 25 heavy (non-hydrogen) atoms. The molecule has 0 saturated carbocycles. The summed E-state index contributed by atoms with van der Waals surface area (Å²) in [4.78, 5) is 28.8. The van der Waals surface area contributed by atoms with E-state index in [-0.39, 0.29) is 11.8 Å². The van der Waals surface area contributed by atoms with Crippen molar-refractivity contribution >= 4 is 34.1 Å². The van der Waals surface area contributed by atoms with Crippen molar-refractivity contribution in [3.63, 3.8) is 0 Å². The minimum atomic E-state index is 0.00580. The first-order valence-corrected chi connectivity index (χ1v) is 9.29. The number of fused-ring (bicyclic) bond motifs is 1. The van der Waals surface area contributed by atoms with Crippen molar-refractivity contribution in [1.82, 2.24) is 20.3 Å². The largest absolute Gasteiger partial charge is 0.369 e. The van der Waals surface area contributed by atoms with Crippen LogP contribution in [0.5, 0.6) is 0 Å². The van der Waals surface area contributed by atoms with Crippen LogP contribution < -0.4 is 10.2 Å². The number of pyridine rings is 1. The van der Waals surface area contributed by atoms with E-state index in [4.69, 9.17) is 0 Å². The van der Waals surface area contributed by atoms with Gasteiger partial charge in [-0.25, -0.2) is 9.97 Å². The topological polar surface area (TPSA) is 71.0 Å². The molecule has 0 unspecified atom stereocenters. The fraction of sp³-hybridized carbons (Fsp3) is 0.333. The Bertz CT molecular complexity index is 867. The Hall–Kier alpha value is -2.54. The highest BCUT2D eigenvalue weighted by molar-refractivity contribution is 7.09. The molecule has 1 N–H and O–H groups in total. The van der Waals surface area contributed by atoms with E-state index in [1.165, 1.54) is 4.88 Å². The van der Waals surface area contributed by atoms with Gasteiger partial charge in [-0.05, 0) is 30.4 Å². The van der Waals surface area contributed by atoms with Crippen LogP contribution in [0.25, 0.3) is 11.2 Å². The fourth-order valence-electron chi connectivity index (χ4n) is 3.18. The molecule has 0 aliphatic carbocycles. The van der Waals surface area contributed by atoms with E-state index in [1.807, 2.05) is 29.8 Å². The normalized spacial score (nSPS) is 17.6. The standard InChI is InChI=1S/C18H19N5OS/c24-18(22-11-15-4-2-8-25-15)13-3-1-7-23(12-13)14-9-16-17(21-10-14)20-6-5-19-16/h2,4-6,8-10,13H,1,3,7,11-12H2,(H,22,24)/t13-/m1/s1. The van der Waals surface area contributed by atoms with E-state index in [1.54, 1.807) is 23.7 Å². The van der Waals surface area contributed by atoms with Crippen LogP contribution in [0.1, 0.15) is 17.7 Å². The minimum absolute atomic E-state index is 0.00580. The van der Waals surface area contributed by atoms with E-state index in [0.717, 1.165) is 30.6 Å². The molecule has 1 aliphatic rings. The highest BCUT2D eigenvalue weighted by Crippen LogP contribution is 2.24. The summed E-state index contributed by atoms with van der Waals surface area (Å²) >= 11 is 1.66. The number of carbonyl (C=O) groups is 1. The highest BCUT2D eigenvalue weighted by Gasteiger charge is 2.26. The van der Waals surface area contributed by atoms with Crippen molar-refractivity contribution in [2.24, 2.45) is 5.92 Å². The van der Waals surface area contributed by atoms with Crippen LogP contribution in [0.3, 0.4) is 0 Å². The Kier molecular flexibility index (Phi) is 4.56. The second-order valence-electron chi connectivity index (χ2n) is 6.17. The van der Waals surface area contributed by atoms with Crippen molar-refractivity contribution < 1.29 is 4.79 Å². The third-order valence-electron chi connectivity index (χ3n) is 4.48. The molecule has 4 rings (SSSR count). The maximum atomic E-state index is 12.5. The molecule has 3 aromatic rings. The molecule has 0 bridgehead atoms. The van der Waals surface area contributed by atoms with Gasteiger partial charge in [-0.2, -0.15) is 0 Å². The third kappa shape index (κ3) is 3.61. The zero-order chi connectivity index (χ0) is 17.1. The number of nitrogens with zero attached hydrogens (tertiary/aromatic N) is 4. The number of rotatable bonds is 4. The quantitative estimate of drug-likeness (QED) is 0.781. The molecule has 0 radical (unpaired) electrons. The van der Waals surface area contributed by atoms with Gasteiger partial charge in [0.05, 0.1) is 24.3 Å². The Labute approximate surface area is 149 Å². The lowest BCUT2D eigenvalue weighted by molar-refractivity contribution is -0.125. The second kappa shape index (κ2) is 7.14. The number of amides is 1. The van der Waals surface area contributed by atoms with Gasteiger partial charge in [-0.1, -0.05) is 6.07 Å². The van der Waals surface area contributed by atoms with Gasteiger partial charge in [0.25, 0.3) is 0 Å². The molecule has 7 heteroatoms. The van der Waals surface area contributed by atoms with Crippen molar-refractivity contribution in [3.05, 3.63) is 47.0 Å². The van der Waals surface area contributed by atoms with Crippen molar-refractivity contribution in [3.8, 4) is 0 Å². The molecule has 128 valence electrons. The fourth-order valence-corrected chi connectivity index (χ4v) is 3.82. The number of carbonyl (C=O) groups excluding carboxylic acids is 1. The van der Waals surface area contributed by atoms with Crippen molar-refractivity contribution in [1.29, 1.82) is 0 Å². The summed E-state index contributed by atoms with van der Waals surface area (Å²) in [7, 11) is 0. The van der Waals surface area contributed by atoms with Crippen LogP contribution in [0, 0.1) is 5.92 Å². The first kappa shape index (κ1) is 16.0. The predicted molar refractivity (Wildman–Crippen MR) is 98.4 cm³/mol. The van der Waals surface area contributed by atoms with Gasteiger partial charge in [-0.15, -0.1) is 11.3 Å². The van der Waals surface area contributed by atoms with Crippen LogP contribution in [-0.2, 0) is 11.3 Å². The van der Waals surface area contributed by atoms with Gasteiger partial charge < -0.3 is 10.2 Å². The van der Waals surface area contributed by atoms with E-state index in [0.29, 0.717) is 18.7 Å². The molecular formula is C18H19N5OS. The van der Waals surface area contributed by atoms with Crippen LogP contribution in [0.2, 0.25) is 0 Å². The van der Waals surface area contributed by atoms with E-state index in [2.05, 4.69) is 25.2 Å². The van der Waals surface area contributed by atoms with Crippen LogP contribution >= 0.6 is 11.3 Å². The molecule has 6 nitrogen and oxygen atoms in total. The Balaban J connectivity index is 1.43. The molecule has 0 spiro atoms. The Morgan fingerprint density at radius 2 is 2.24 bits per heavy atom. The Morgan fingerprint density at radius 3 is 3.12 bits per heavy atom. The van der Waals surface area contributed by atoms with Gasteiger partial charge in [0, 0.05) is 30.4 Å². The van der Waals surface area contributed by atoms with Gasteiger partial charge in [0.1, 0.15) is 5.52 Å². The minimum Gasteiger partial charge on any atom is -0.369 e. The van der Waals surface area contributed by atoms with Crippen molar-refractivity contribution in [2.75, 3.05) is 18.0 Å². The smallest absolute Gasteiger partial charge is 0.225 e. The number of hydrogen-bond donors (Lipinski definition) is 1. The maximum absolute atomic E-state index is 12.5. The van der Waals surface area contributed by atoms with Gasteiger partial charge >= 0.3 is 0 Å².